The summed E-state index contributed by atoms with van der Waals surface area (Å²) in [6, 6.07) is -1.15. The molecule has 2 saturated heterocycles. The van der Waals surface area contributed by atoms with Crippen LogP contribution in [-0.4, -0.2) is 132 Å². The lowest BCUT2D eigenvalue weighted by Gasteiger charge is -2.45. The van der Waals surface area contributed by atoms with Crippen LogP contribution in [0.1, 0.15) is 0 Å². The Morgan fingerprint density at radius 1 is 0.933 bits per heavy atom. The summed E-state index contributed by atoms with van der Waals surface area (Å²) < 4.78 is 16.1. The van der Waals surface area contributed by atoms with Crippen molar-refractivity contribution in [3.05, 3.63) is 0 Å². The second kappa shape index (κ2) is 11.6. The van der Waals surface area contributed by atoms with E-state index in [9.17, 15) is 40.5 Å². The van der Waals surface area contributed by atoms with Gasteiger partial charge in [-0.15, -0.1) is 0 Å². The molecule has 0 aromatic rings. The standard InChI is InChI=1S/C15H27NO12S2/c16-4(13(24)25)3-29-30-15-11(23)12(8(20)6(2-18)27-15)28-14-10(22)9(21)7(19)5(1-17)26-14/h4-12,14-15,17-23H,1-3,16H2,(H,24,25)/t4?,5?,6?,7-,8-,9?,10?,11?,12?,14+,15?/m0/s1. The highest BCUT2D eigenvalue weighted by molar-refractivity contribution is 8.76. The Hall–Kier alpha value is -0.270. The number of aliphatic hydroxyl groups excluding tert-OH is 7. The zero-order valence-corrected chi connectivity index (χ0v) is 17.2. The molecule has 2 aliphatic rings. The van der Waals surface area contributed by atoms with E-state index in [4.69, 9.17) is 25.1 Å². The number of hydrogen-bond acceptors (Lipinski definition) is 14. The fraction of sp³-hybridized carbons (Fsp3) is 0.933. The third-order valence-corrected chi connectivity index (χ3v) is 7.29. The third kappa shape index (κ3) is 5.94. The van der Waals surface area contributed by atoms with Crippen molar-refractivity contribution in [1.29, 1.82) is 0 Å². The van der Waals surface area contributed by atoms with Gasteiger partial charge in [-0.3, -0.25) is 4.79 Å². The van der Waals surface area contributed by atoms with Gasteiger partial charge in [-0.1, -0.05) is 21.6 Å². The summed E-state index contributed by atoms with van der Waals surface area (Å²) in [5.74, 6) is -1.22. The first kappa shape index (κ1) is 26.0. The van der Waals surface area contributed by atoms with Crippen LogP contribution in [0.15, 0.2) is 0 Å². The molecule has 2 aliphatic heterocycles. The minimum absolute atomic E-state index is 0.0167. The molecule has 8 unspecified atom stereocenters. The highest BCUT2D eigenvalue weighted by Gasteiger charge is 2.50. The lowest BCUT2D eigenvalue weighted by atomic mass is 9.97. The number of nitrogens with two attached hydrogens (primary N) is 1. The molecule has 176 valence electrons. The number of rotatable bonds is 9. The topological polar surface area (TPSA) is 233 Å². The van der Waals surface area contributed by atoms with E-state index < -0.39 is 85.8 Å². The Labute approximate surface area is 179 Å². The molecule has 2 rings (SSSR count). The van der Waals surface area contributed by atoms with Crippen LogP contribution < -0.4 is 5.73 Å². The fourth-order valence-electron chi connectivity index (χ4n) is 2.88. The van der Waals surface area contributed by atoms with Gasteiger partial charge in [-0.2, -0.15) is 0 Å². The normalized spacial score (nSPS) is 43.3. The molecule has 2 heterocycles. The van der Waals surface area contributed by atoms with Crippen LogP contribution in [0.5, 0.6) is 0 Å². The number of ether oxygens (including phenoxy) is 3. The van der Waals surface area contributed by atoms with Gasteiger partial charge in [0.05, 0.1) is 13.2 Å². The Balaban J connectivity index is 2.07. The Morgan fingerprint density at radius 2 is 1.53 bits per heavy atom. The van der Waals surface area contributed by atoms with Gasteiger partial charge in [0.2, 0.25) is 0 Å². The van der Waals surface area contributed by atoms with Crippen molar-refractivity contribution < 1.29 is 59.9 Å². The van der Waals surface area contributed by atoms with Crippen LogP contribution in [0.2, 0.25) is 0 Å². The molecule has 0 amide bonds. The van der Waals surface area contributed by atoms with Crippen molar-refractivity contribution >= 4 is 27.6 Å². The van der Waals surface area contributed by atoms with Crippen LogP contribution >= 0.6 is 21.6 Å². The Kier molecular flexibility index (Phi) is 10.0. The molecule has 10 N–H and O–H groups in total. The fourth-order valence-corrected chi connectivity index (χ4v) is 5.39. The van der Waals surface area contributed by atoms with Crippen LogP contribution in [0, 0.1) is 0 Å². The predicted molar refractivity (Wildman–Crippen MR) is 102 cm³/mol. The van der Waals surface area contributed by atoms with Crippen LogP contribution in [0.25, 0.3) is 0 Å². The number of carboxylic acids is 1. The number of aliphatic hydroxyl groups is 7. The van der Waals surface area contributed by atoms with E-state index in [-0.39, 0.29) is 5.75 Å². The lowest BCUT2D eigenvalue weighted by Crippen LogP contribution is -2.64. The summed E-state index contributed by atoms with van der Waals surface area (Å²) >= 11 is 0. The van der Waals surface area contributed by atoms with Gasteiger partial charge < -0.3 is 60.8 Å². The van der Waals surface area contributed by atoms with Crippen LogP contribution in [0.4, 0.5) is 0 Å². The van der Waals surface area contributed by atoms with Crippen LogP contribution in [-0.2, 0) is 19.0 Å². The minimum atomic E-state index is -1.76. The van der Waals surface area contributed by atoms with E-state index in [1.807, 2.05) is 0 Å². The van der Waals surface area contributed by atoms with Crippen molar-refractivity contribution in [3.63, 3.8) is 0 Å². The van der Waals surface area contributed by atoms with E-state index in [0.717, 1.165) is 21.6 Å². The average Bonchev–Trinajstić information content (AvgIpc) is 2.72. The first-order valence-corrected chi connectivity index (χ1v) is 11.4. The molecule has 0 aliphatic carbocycles. The Morgan fingerprint density at radius 3 is 2.10 bits per heavy atom. The molecule has 30 heavy (non-hydrogen) atoms. The minimum Gasteiger partial charge on any atom is -0.480 e. The summed E-state index contributed by atoms with van der Waals surface area (Å²) in [6.07, 6.45) is -13.7. The summed E-state index contributed by atoms with van der Waals surface area (Å²) in [4.78, 5) is 10.8. The molecule has 13 nitrogen and oxygen atoms in total. The third-order valence-electron chi connectivity index (χ3n) is 4.69. The van der Waals surface area contributed by atoms with Gasteiger partial charge in [0, 0.05) is 5.75 Å². The molecule has 2 fully saturated rings. The van der Waals surface area contributed by atoms with Crippen molar-refractivity contribution in [3.8, 4) is 0 Å². The molecule has 0 saturated carbocycles. The zero-order chi connectivity index (χ0) is 22.6. The van der Waals surface area contributed by atoms with Crippen molar-refractivity contribution in [2.45, 2.75) is 66.6 Å². The lowest BCUT2D eigenvalue weighted by molar-refractivity contribution is -0.337. The molecule has 11 atom stereocenters. The molecule has 0 radical (unpaired) electrons. The molecule has 0 aromatic carbocycles. The first-order chi connectivity index (χ1) is 14.1. The number of hydrogen-bond donors (Lipinski definition) is 9. The van der Waals surface area contributed by atoms with E-state index in [1.54, 1.807) is 0 Å². The average molecular weight is 478 g/mol. The van der Waals surface area contributed by atoms with Crippen molar-refractivity contribution in [2.75, 3.05) is 19.0 Å². The summed E-state index contributed by atoms with van der Waals surface area (Å²) in [7, 11) is 1.90. The van der Waals surface area contributed by atoms with Crippen LogP contribution in [0.3, 0.4) is 0 Å². The molecule has 0 aromatic heterocycles. The number of carbonyl (C=O) groups is 1. The molecular formula is C15H27NO12S2. The first-order valence-electron chi connectivity index (χ1n) is 8.97. The number of carboxylic acid groups (broad SMARTS) is 1. The van der Waals surface area contributed by atoms with Crippen molar-refractivity contribution in [1.82, 2.24) is 0 Å². The van der Waals surface area contributed by atoms with Gasteiger partial charge in [0.15, 0.2) is 6.29 Å². The molecular weight excluding hydrogens is 450 g/mol. The maximum atomic E-state index is 10.8. The van der Waals surface area contributed by atoms with E-state index in [2.05, 4.69) is 0 Å². The largest absolute Gasteiger partial charge is 0.480 e. The zero-order valence-electron chi connectivity index (χ0n) is 15.6. The van der Waals surface area contributed by atoms with E-state index >= 15 is 0 Å². The summed E-state index contributed by atoms with van der Waals surface area (Å²) in [6.45, 7) is -1.33. The summed E-state index contributed by atoms with van der Waals surface area (Å²) in [5.41, 5.74) is 4.33. The van der Waals surface area contributed by atoms with Gasteiger partial charge in [0.25, 0.3) is 0 Å². The molecule has 15 heteroatoms. The Bertz CT molecular complexity index is 560. The highest BCUT2D eigenvalue weighted by atomic mass is 33.1. The maximum Gasteiger partial charge on any atom is 0.321 e. The predicted octanol–water partition coefficient (Wildman–Crippen LogP) is -4.60. The summed E-state index contributed by atoms with van der Waals surface area (Å²) in [5, 5.41) is 78.3. The second-order valence-corrected chi connectivity index (χ2v) is 9.34. The van der Waals surface area contributed by atoms with Gasteiger partial charge in [-0.05, 0) is 0 Å². The molecule has 0 bridgehead atoms. The van der Waals surface area contributed by atoms with Gasteiger partial charge in [0.1, 0.15) is 60.3 Å². The smallest absolute Gasteiger partial charge is 0.321 e. The van der Waals surface area contributed by atoms with E-state index in [0.29, 0.717) is 0 Å². The monoisotopic (exact) mass is 477 g/mol. The maximum absolute atomic E-state index is 10.8. The second-order valence-electron chi connectivity index (χ2n) is 6.83. The number of aliphatic carboxylic acids is 1. The van der Waals surface area contributed by atoms with Crippen molar-refractivity contribution in [2.24, 2.45) is 5.73 Å². The van der Waals surface area contributed by atoms with E-state index in [1.165, 1.54) is 0 Å². The van der Waals surface area contributed by atoms with Gasteiger partial charge in [-0.25, -0.2) is 0 Å². The molecule has 0 spiro atoms. The van der Waals surface area contributed by atoms with Gasteiger partial charge >= 0.3 is 5.97 Å². The quantitative estimate of drug-likeness (QED) is 0.142. The highest BCUT2D eigenvalue weighted by Crippen LogP contribution is 2.37. The SMILES string of the molecule is NC(CSSC1OC(CO)[C@H](O)C(O[C@H]2OC(CO)[C@H](O)C(O)C2O)C1O)C(=O)O.